The van der Waals surface area contributed by atoms with E-state index < -0.39 is 11.7 Å². The maximum atomic E-state index is 11.9. The van der Waals surface area contributed by atoms with E-state index in [2.05, 4.69) is 21.5 Å². The van der Waals surface area contributed by atoms with Crippen LogP contribution in [0.15, 0.2) is 40.9 Å². The van der Waals surface area contributed by atoms with Crippen molar-refractivity contribution in [2.24, 2.45) is 0 Å². The normalized spacial score (nSPS) is 13.2. The van der Waals surface area contributed by atoms with Gasteiger partial charge in [-0.3, -0.25) is 0 Å². The fourth-order valence-electron chi connectivity index (χ4n) is 3.69. The number of rotatable bonds is 6. The number of nitrogens with one attached hydrogen (secondary N) is 1. The second-order valence-corrected chi connectivity index (χ2v) is 9.84. The number of hydrogen-bond donors (Lipinski definition) is 1. The number of aromatic nitrogens is 2. The standard InChI is InChI=1S/C25H29ClN4O4/c1-15(2)32-21-9-7-18(13-19(21)26)22-28-23(29-34-22)30-11-10-17-12-16(6-8-20(17)30)14-27-24(31)33-25(3,4)5/h6-9,12-13,15H,10-11,14H2,1-5H3,(H,27,31). The summed E-state index contributed by atoms with van der Waals surface area (Å²) in [5.41, 5.74) is 3.38. The van der Waals surface area contributed by atoms with E-state index in [-0.39, 0.29) is 6.10 Å². The lowest BCUT2D eigenvalue weighted by molar-refractivity contribution is 0.0523. The van der Waals surface area contributed by atoms with Gasteiger partial charge in [-0.25, -0.2) is 4.79 Å². The summed E-state index contributed by atoms with van der Waals surface area (Å²) in [6.45, 7) is 10.5. The molecular weight excluding hydrogens is 456 g/mol. The van der Waals surface area contributed by atoms with Gasteiger partial charge in [-0.15, -0.1) is 0 Å². The van der Waals surface area contributed by atoms with Crippen LogP contribution in [0.5, 0.6) is 5.75 Å². The Balaban J connectivity index is 1.45. The van der Waals surface area contributed by atoms with E-state index in [1.165, 1.54) is 0 Å². The monoisotopic (exact) mass is 484 g/mol. The largest absolute Gasteiger partial charge is 0.489 e. The van der Waals surface area contributed by atoms with Crippen molar-refractivity contribution in [3.63, 3.8) is 0 Å². The van der Waals surface area contributed by atoms with E-state index >= 15 is 0 Å². The predicted molar refractivity (Wildman–Crippen MR) is 131 cm³/mol. The highest BCUT2D eigenvalue weighted by molar-refractivity contribution is 6.32. The first-order valence-corrected chi connectivity index (χ1v) is 11.6. The summed E-state index contributed by atoms with van der Waals surface area (Å²) >= 11 is 6.36. The van der Waals surface area contributed by atoms with Gasteiger partial charge in [-0.2, -0.15) is 4.98 Å². The third-order valence-electron chi connectivity index (χ3n) is 5.07. The van der Waals surface area contributed by atoms with Gasteiger partial charge in [-0.05, 0) is 81.6 Å². The lowest BCUT2D eigenvalue weighted by Gasteiger charge is -2.19. The number of carbonyl (C=O) groups is 1. The fraction of sp³-hybridized carbons (Fsp3) is 0.400. The van der Waals surface area contributed by atoms with Crippen LogP contribution in [-0.4, -0.2) is 34.5 Å². The molecule has 4 rings (SSSR count). The van der Waals surface area contributed by atoms with Gasteiger partial charge in [0.05, 0.1) is 11.1 Å². The van der Waals surface area contributed by atoms with Crippen LogP contribution >= 0.6 is 11.6 Å². The first-order valence-electron chi connectivity index (χ1n) is 11.3. The van der Waals surface area contributed by atoms with E-state index in [1.807, 2.05) is 57.7 Å². The molecule has 0 saturated carbocycles. The van der Waals surface area contributed by atoms with Crippen LogP contribution in [0.2, 0.25) is 5.02 Å². The molecule has 0 aliphatic carbocycles. The van der Waals surface area contributed by atoms with Gasteiger partial charge < -0.3 is 24.2 Å². The molecule has 0 bridgehead atoms. The summed E-state index contributed by atoms with van der Waals surface area (Å²) in [7, 11) is 0. The Morgan fingerprint density at radius 1 is 1.24 bits per heavy atom. The maximum absolute atomic E-state index is 11.9. The molecule has 1 aliphatic rings. The number of benzene rings is 2. The first-order chi connectivity index (χ1) is 16.1. The van der Waals surface area contributed by atoms with Crippen molar-refractivity contribution >= 4 is 29.3 Å². The number of hydrogen-bond acceptors (Lipinski definition) is 7. The molecule has 1 N–H and O–H groups in total. The van der Waals surface area contributed by atoms with E-state index in [0.717, 1.165) is 35.3 Å². The Morgan fingerprint density at radius 2 is 2.03 bits per heavy atom. The molecule has 1 amide bonds. The van der Waals surface area contributed by atoms with Crippen LogP contribution in [0.1, 0.15) is 45.7 Å². The summed E-state index contributed by atoms with van der Waals surface area (Å²) in [6.07, 6.45) is 0.437. The van der Waals surface area contributed by atoms with Crippen LogP contribution in [0.4, 0.5) is 16.4 Å². The molecule has 1 aliphatic heterocycles. The van der Waals surface area contributed by atoms with Gasteiger partial charge in [0.1, 0.15) is 11.4 Å². The molecule has 3 aromatic rings. The van der Waals surface area contributed by atoms with Crippen LogP contribution in [0.25, 0.3) is 11.5 Å². The second kappa shape index (κ2) is 9.54. The topological polar surface area (TPSA) is 89.7 Å². The minimum atomic E-state index is -0.527. The number of halogens is 1. The Bertz CT molecular complexity index is 1190. The maximum Gasteiger partial charge on any atom is 0.407 e. The fourth-order valence-corrected chi connectivity index (χ4v) is 3.91. The number of ether oxygens (including phenoxy) is 2. The summed E-state index contributed by atoms with van der Waals surface area (Å²) in [5, 5.41) is 7.47. The molecule has 8 nitrogen and oxygen atoms in total. The highest BCUT2D eigenvalue weighted by Gasteiger charge is 2.25. The number of fused-ring (bicyclic) bond motifs is 1. The highest BCUT2D eigenvalue weighted by Crippen LogP contribution is 2.35. The molecule has 0 atom stereocenters. The predicted octanol–water partition coefficient (Wildman–Crippen LogP) is 5.90. The van der Waals surface area contributed by atoms with Gasteiger partial charge in [-0.1, -0.05) is 23.7 Å². The summed E-state index contributed by atoms with van der Waals surface area (Å²) in [4.78, 5) is 18.5. The van der Waals surface area contributed by atoms with E-state index in [9.17, 15) is 4.79 Å². The number of amides is 1. The summed E-state index contributed by atoms with van der Waals surface area (Å²) in [5.74, 6) is 1.50. The quantitative estimate of drug-likeness (QED) is 0.466. The van der Waals surface area contributed by atoms with Gasteiger partial charge in [0, 0.05) is 24.3 Å². The lowest BCUT2D eigenvalue weighted by Crippen LogP contribution is -2.32. The molecule has 0 saturated heterocycles. The Morgan fingerprint density at radius 3 is 2.74 bits per heavy atom. The van der Waals surface area contributed by atoms with Gasteiger partial charge in [0.2, 0.25) is 0 Å². The average molecular weight is 485 g/mol. The van der Waals surface area contributed by atoms with Crippen LogP contribution in [-0.2, 0) is 17.7 Å². The van der Waals surface area contributed by atoms with Gasteiger partial charge >= 0.3 is 6.09 Å². The summed E-state index contributed by atoms with van der Waals surface area (Å²) in [6, 6.07) is 11.5. The van der Waals surface area contributed by atoms with Gasteiger partial charge in [0.25, 0.3) is 11.8 Å². The highest BCUT2D eigenvalue weighted by atomic mass is 35.5. The smallest absolute Gasteiger partial charge is 0.407 e. The molecule has 180 valence electrons. The van der Waals surface area contributed by atoms with E-state index in [4.69, 9.17) is 25.6 Å². The van der Waals surface area contributed by atoms with Crippen molar-refractivity contribution in [1.29, 1.82) is 0 Å². The molecule has 0 spiro atoms. The molecule has 2 aromatic carbocycles. The summed E-state index contributed by atoms with van der Waals surface area (Å²) < 4.78 is 16.5. The third-order valence-corrected chi connectivity index (χ3v) is 5.37. The molecule has 9 heteroatoms. The SMILES string of the molecule is CC(C)Oc1ccc(-c2nc(N3CCc4cc(CNC(=O)OC(C)(C)C)ccc43)no2)cc1Cl. The van der Waals surface area contributed by atoms with Crippen molar-refractivity contribution in [3.05, 3.63) is 52.5 Å². The molecule has 0 unspecified atom stereocenters. The number of nitrogens with zero attached hydrogens (tertiary/aromatic N) is 3. The molecule has 0 fully saturated rings. The van der Waals surface area contributed by atoms with Crippen molar-refractivity contribution in [2.45, 2.75) is 59.3 Å². The van der Waals surface area contributed by atoms with Crippen LogP contribution < -0.4 is 15.0 Å². The molecule has 2 heterocycles. The van der Waals surface area contributed by atoms with Crippen LogP contribution in [0, 0.1) is 0 Å². The van der Waals surface area contributed by atoms with Crippen molar-refractivity contribution < 1.29 is 18.8 Å². The van der Waals surface area contributed by atoms with E-state index in [0.29, 0.717) is 29.2 Å². The molecule has 34 heavy (non-hydrogen) atoms. The number of anilines is 2. The zero-order valence-electron chi connectivity index (χ0n) is 20.0. The van der Waals surface area contributed by atoms with E-state index in [1.54, 1.807) is 12.1 Å². The van der Waals surface area contributed by atoms with Crippen molar-refractivity contribution in [2.75, 3.05) is 11.4 Å². The molecular formula is C25H29ClN4O4. The Labute approximate surface area is 204 Å². The van der Waals surface area contributed by atoms with Crippen molar-refractivity contribution in [3.8, 4) is 17.2 Å². The second-order valence-electron chi connectivity index (χ2n) is 9.43. The third kappa shape index (κ3) is 5.62. The average Bonchev–Trinajstić information content (AvgIpc) is 3.39. The molecule has 1 aromatic heterocycles. The zero-order chi connectivity index (χ0) is 24.5. The first kappa shape index (κ1) is 23.9. The van der Waals surface area contributed by atoms with Gasteiger partial charge in [0.15, 0.2) is 0 Å². The number of alkyl carbamates (subject to hydrolysis) is 1. The Kier molecular flexibility index (Phi) is 6.70. The Hall–Kier alpha value is -3.26. The van der Waals surface area contributed by atoms with Crippen LogP contribution in [0.3, 0.4) is 0 Å². The van der Waals surface area contributed by atoms with Crippen molar-refractivity contribution in [1.82, 2.24) is 15.5 Å². The lowest BCUT2D eigenvalue weighted by atomic mass is 10.1. The minimum absolute atomic E-state index is 0.0298. The zero-order valence-corrected chi connectivity index (χ0v) is 20.8. The minimum Gasteiger partial charge on any atom is -0.489 e. The molecule has 0 radical (unpaired) electrons. The number of carbonyl (C=O) groups excluding carboxylic acids is 1.